The molecule has 0 radical (unpaired) electrons. The summed E-state index contributed by atoms with van der Waals surface area (Å²) in [5, 5.41) is 20.8. The Morgan fingerprint density at radius 3 is 2.73 bits per heavy atom. The number of hydrogen-bond acceptors (Lipinski definition) is 6. The number of amides is 1. The zero-order valence-corrected chi connectivity index (χ0v) is 14.1. The number of pyridine rings is 1. The number of hydrazine groups is 1. The fourth-order valence-corrected chi connectivity index (χ4v) is 3.19. The van der Waals surface area contributed by atoms with E-state index in [1.54, 1.807) is 29.9 Å². The molecule has 10 heteroatoms. The van der Waals surface area contributed by atoms with Crippen LogP contribution in [0.25, 0.3) is 5.65 Å². The van der Waals surface area contributed by atoms with E-state index >= 15 is 0 Å². The Hall–Kier alpha value is -3.27. The quantitative estimate of drug-likeness (QED) is 0.738. The molecule has 0 unspecified atom stereocenters. The first-order chi connectivity index (χ1) is 12.6. The number of carbonyl (C=O) groups excluding carboxylic acids is 1. The van der Waals surface area contributed by atoms with E-state index in [1.165, 1.54) is 22.2 Å². The molecule has 1 amide bonds. The minimum atomic E-state index is -1.18. The van der Waals surface area contributed by atoms with Gasteiger partial charge in [0.15, 0.2) is 5.65 Å². The number of nitrogens with zero attached hydrogens (tertiary/aromatic N) is 7. The number of aryl methyl sites for hydroxylation is 1. The standard InChI is InChI=1S/C16H17N7O3/c1-20-14(12(9-18-20)16(25)26)15(24)23(21-5-2-3-6-21)11-4-7-22-13(8-11)17-10-19-22/h4,7-10H,2-3,5-6H2,1H3,(H,25,26). The van der Waals surface area contributed by atoms with E-state index in [9.17, 15) is 14.7 Å². The van der Waals surface area contributed by atoms with Crippen molar-refractivity contribution in [2.75, 3.05) is 18.1 Å². The molecule has 0 bridgehead atoms. The zero-order chi connectivity index (χ0) is 18.3. The summed E-state index contributed by atoms with van der Waals surface area (Å²) in [5.41, 5.74) is 1.12. The second kappa shape index (κ2) is 6.23. The van der Waals surface area contributed by atoms with Gasteiger partial charge in [-0.2, -0.15) is 10.2 Å². The molecular formula is C16H17N7O3. The minimum absolute atomic E-state index is 0.0331. The summed E-state index contributed by atoms with van der Waals surface area (Å²) < 4.78 is 2.90. The molecule has 10 nitrogen and oxygen atoms in total. The van der Waals surface area contributed by atoms with Crippen molar-refractivity contribution < 1.29 is 14.7 Å². The summed E-state index contributed by atoms with van der Waals surface area (Å²) in [6.45, 7) is 1.42. The van der Waals surface area contributed by atoms with Crippen molar-refractivity contribution in [3.05, 3.63) is 42.1 Å². The molecule has 1 aliphatic rings. The highest BCUT2D eigenvalue weighted by atomic mass is 16.4. The lowest BCUT2D eigenvalue weighted by Crippen LogP contribution is -2.46. The molecule has 0 saturated carbocycles. The number of aromatic nitrogens is 5. The monoisotopic (exact) mass is 355 g/mol. The molecule has 0 spiro atoms. The zero-order valence-electron chi connectivity index (χ0n) is 14.1. The fraction of sp³-hybridized carbons (Fsp3) is 0.312. The molecule has 1 aliphatic heterocycles. The van der Waals surface area contributed by atoms with E-state index in [-0.39, 0.29) is 11.3 Å². The smallest absolute Gasteiger partial charge is 0.339 e. The first-order valence-electron chi connectivity index (χ1n) is 8.20. The van der Waals surface area contributed by atoms with Gasteiger partial charge >= 0.3 is 5.97 Å². The summed E-state index contributed by atoms with van der Waals surface area (Å²) in [5.74, 6) is -1.62. The van der Waals surface area contributed by atoms with Gasteiger partial charge in [-0.1, -0.05) is 0 Å². The molecule has 0 aliphatic carbocycles. The molecular weight excluding hydrogens is 338 g/mol. The van der Waals surface area contributed by atoms with Gasteiger partial charge in [0.1, 0.15) is 17.6 Å². The maximum Gasteiger partial charge on any atom is 0.339 e. The number of carboxylic acid groups (broad SMARTS) is 1. The molecule has 4 rings (SSSR count). The summed E-state index contributed by atoms with van der Waals surface area (Å²) in [4.78, 5) is 29.0. The summed E-state index contributed by atoms with van der Waals surface area (Å²) in [7, 11) is 1.56. The van der Waals surface area contributed by atoms with E-state index < -0.39 is 11.9 Å². The molecule has 4 heterocycles. The number of anilines is 1. The van der Waals surface area contributed by atoms with Crippen molar-refractivity contribution in [2.24, 2.45) is 7.05 Å². The number of hydrogen-bond donors (Lipinski definition) is 1. The Balaban J connectivity index is 1.82. The molecule has 1 fully saturated rings. The van der Waals surface area contributed by atoms with E-state index in [4.69, 9.17) is 0 Å². The van der Waals surface area contributed by atoms with Crippen LogP contribution >= 0.6 is 0 Å². The molecule has 1 N–H and O–H groups in total. The maximum atomic E-state index is 13.3. The lowest BCUT2D eigenvalue weighted by atomic mass is 10.2. The lowest BCUT2D eigenvalue weighted by molar-refractivity contribution is 0.0689. The van der Waals surface area contributed by atoms with Gasteiger partial charge in [-0.05, 0) is 18.9 Å². The van der Waals surface area contributed by atoms with Crippen molar-refractivity contribution in [1.82, 2.24) is 29.4 Å². The molecule has 3 aromatic heterocycles. The minimum Gasteiger partial charge on any atom is -0.478 e. The van der Waals surface area contributed by atoms with Gasteiger partial charge in [-0.3, -0.25) is 9.48 Å². The third-order valence-corrected chi connectivity index (χ3v) is 4.44. The molecule has 26 heavy (non-hydrogen) atoms. The topological polar surface area (TPSA) is 109 Å². The largest absolute Gasteiger partial charge is 0.478 e. The van der Waals surface area contributed by atoms with Crippen molar-refractivity contribution >= 4 is 23.2 Å². The molecule has 1 saturated heterocycles. The van der Waals surface area contributed by atoms with E-state index in [0.717, 1.165) is 12.8 Å². The van der Waals surface area contributed by atoms with Crippen LogP contribution in [0.2, 0.25) is 0 Å². The number of aromatic carboxylic acids is 1. The predicted octanol–water partition coefficient (Wildman–Crippen LogP) is 0.819. The Kier molecular flexibility index (Phi) is 3.88. The van der Waals surface area contributed by atoms with Crippen LogP contribution in [0.1, 0.15) is 33.7 Å². The van der Waals surface area contributed by atoms with Crippen LogP contribution < -0.4 is 5.01 Å². The average Bonchev–Trinajstić information content (AvgIpc) is 3.34. The van der Waals surface area contributed by atoms with Gasteiger partial charge in [0, 0.05) is 32.4 Å². The summed E-state index contributed by atoms with van der Waals surface area (Å²) in [6.07, 6.45) is 6.28. The average molecular weight is 355 g/mol. The van der Waals surface area contributed by atoms with Crippen LogP contribution in [0.5, 0.6) is 0 Å². The second-order valence-corrected chi connectivity index (χ2v) is 6.06. The third kappa shape index (κ3) is 2.60. The highest BCUT2D eigenvalue weighted by Gasteiger charge is 2.32. The highest BCUT2D eigenvalue weighted by Crippen LogP contribution is 2.25. The number of fused-ring (bicyclic) bond motifs is 1. The van der Waals surface area contributed by atoms with Crippen molar-refractivity contribution in [3.8, 4) is 0 Å². The summed E-state index contributed by atoms with van der Waals surface area (Å²) in [6, 6.07) is 3.51. The van der Waals surface area contributed by atoms with Gasteiger partial charge < -0.3 is 5.11 Å². The van der Waals surface area contributed by atoms with Gasteiger partial charge in [0.25, 0.3) is 5.91 Å². The Labute approximate surface area is 148 Å². The number of carbonyl (C=O) groups is 2. The molecule has 0 atom stereocenters. The van der Waals surface area contributed by atoms with Crippen LogP contribution in [0, 0.1) is 0 Å². The van der Waals surface area contributed by atoms with Crippen LogP contribution in [-0.4, -0.2) is 59.5 Å². The van der Waals surface area contributed by atoms with E-state index in [2.05, 4.69) is 15.2 Å². The SMILES string of the molecule is Cn1ncc(C(=O)O)c1C(=O)N(c1ccn2ncnc2c1)N1CCCC1. The first-order valence-corrected chi connectivity index (χ1v) is 8.20. The second-order valence-electron chi connectivity index (χ2n) is 6.06. The van der Waals surface area contributed by atoms with Crippen LogP contribution in [0.4, 0.5) is 5.69 Å². The molecule has 0 aromatic carbocycles. The highest BCUT2D eigenvalue weighted by molar-refractivity contribution is 6.10. The van der Waals surface area contributed by atoms with Gasteiger partial charge in [0.05, 0.1) is 11.9 Å². The lowest BCUT2D eigenvalue weighted by Gasteiger charge is -2.31. The third-order valence-electron chi connectivity index (χ3n) is 4.44. The maximum absolute atomic E-state index is 13.3. The van der Waals surface area contributed by atoms with Gasteiger partial charge in [0.2, 0.25) is 0 Å². The van der Waals surface area contributed by atoms with Crippen molar-refractivity contribution in [2.45, 2.75) is 12.8 Å². The van der Waals surface area contributed by atoms with E-state index in [0.29, 0.717) is 24.4 Å². The van der Waals surface area contributed by atoms with Crippen LogP contribution in [-0.2, 0) is 7.05 Å². The molecule has 3 aromatic rings. The Bertz CT molecular complexity index is 987. The normalized spacial score (nSPS) is 14.8. The first kappa shape index (κ1) is 16.2. The van der Waals surface area contributed by atoms with Crippen LogP contribution in [0.3, 0.4) is 0 Å². The van der Waals surface area contributed by atoms with Gasteiger partial charge in [-0.15, -0.1) is 0 Å². The molecule has 134 valence electrons. The Morgan fingerprint density at radius 1 is 1.23 bits per heavy atom. The van der Waals surface area contributed by atoms with Crippen LogP contribution in [0.15, 0.2) is 30.9 Å². The Morgan fingerprint density at radius 2 is 2.00 bits per heavy atom. The van der Waals surface area contributed by atoms with Crippen molar-refractivity contribution in [1.29, 1.82) is 0 Å². The van der Waals surface area contributed by atoms with Gasteiger partial charge in [-0.25, -0.2) is 24.3 Å². The number of rotatable bonds is 4. The predicted molar refractivity (Wildman–Crippen MR) is 90.8 cm³/mol. The number of carboxylic acids is 1. The van der Waals surface area contributed by atoms with Crippen molar-refractivity contribution in [3.63, 3.8) is 0 Å². The summed E-state index contributed by atoms with van der Waals surface area (Å²) >= 11 is 0. The fourth-order valence-electron chi connectivity index (χ4n) is 3.19. The van der Waals surface area contributed by atoms with E-state index in [1.807, 2.05) is 5.01 Å².